The predicted molar refractivity (Wildman–Crippen MR) is 128 cm³/mol. The third-order valence-electron chi connectivity index (χ3n) is 7.15. The van der Waals surface area contributed by atoms with Crippen LogP contribution in [0.3, 0.4) is 0 Å². The summed E-state index contributed by atoms with van der Waals surface area (Å²) in [6, 6.07) is 13.5. The highest BCUT2D eigenvalue weighted by Crippen LogP contribution is 2.59. The molecule has 0 radical (unpaired) electrons. The van der Waals surface area contributed by atoms with Gasteiger partial charge < -0.3 is 4.90 Å². The maximum absolute atomic E-state index is 13.9. The van der Waals surface area contributed by atoms with Crippen molar-refractivity contribution in [3.63, 3.8) is 0 Å². The van der Waals surface area contributed by atoms with E-state index in [1.165, 1.54) is 22.8 Å². The van der Waals surface area contributed by atoms with Crippen molar-refractivity contribution in [2.45, 2.75) is 37.4 Å². The summed E-state index contributed by atoms with van der Waals surface area (Å²) in [6.45, 7) is 3.24. The maximum Gasteiger partial charge on any atom is 0.416 e. The molecule has 3 aromatic rings. The first-order valence-electron chi connectivity index (χ1n) is 11.5. The second-order valence-corrected chi connectivity index (χ2v) is 9.34. The lowest BCUT2D eigenvalue weighted by Gasteiger charge is -2.21. The third kappa shape index (κ3) is 5.14. The maximum atomic E-state index is 13.9. The molecular formula is C26H26ClF4N3O. The summed E-state index contributed by atoms with van der Waals surface area (Å²) in [5.41, 5.74) is 0.620. The summed E-state index contributed by atoms with van der Waals surface area (Å²) in [4.78, 5) is 18.8. The molecule has 186 valence electrons. The Morgan fingerprint density at radius 3 is 2.40 bits per heavy atom. The second kappa shape index (κ2) is 9.74. The number of piperidine rings is 1. The van der Waals surface area contributed by atoms with Gasteiger partial charge in [0.15, 0.2) is 0 Å². The summed E-state index contributed by atoms with van der Waals surface area (Å²) in [6.07, 6.45) is 0.0782. The Morgan fingerprint density at radius 2 is 1.71 bits per heavy atom. The standard InChI is InChI=1S/C26H25F4N3O.ClH/c27-22-6-2-1-5-21(22)23-11-14-33(24(34)31-23)13-4-3-12-32-16-20-15-25(20,17-32)18-7-9-19(10-8-18)26(28,29)30;/h1-2,5-11,14,20H,3-4,12-13,15-17H2;1H/t20-,25+;/m0./s1. The minimum Gasteiger partial charge on any atom is -0.302 e. The third-order valence-corrected chi connectivity index (χ3v) is 7.15. The van der Waals surface area contributed by atoms with E-state index in [0.717, 1.165) is 44.5 Å². The van der Waals surface area contributed by atoms with E-state index >= 15 is 0 Å². The molecule has 0 amide bonds. The van der Waals surface area contributed by atoms with Gasteiger partial charge in [0.2, 0.25) is 0 Å². The Balaban J connectivity index is 0.00000289. The van der Waals surface area contributed by atoms with Gasteiger partial charge in [-0.1, -0.05) is 24.3 Å². The lowest BCUT2D eigenvalue weighted by Crippen LogP contribution is -2.28. The van der Waals surface area contributed by atoms with Crippen LogP contribution in [0.2, 0.25) is 0 Å². The zero-order chi connectivity index (χ0) is 23.9. The van der Waals surface area contributed by atoms with Crippen molar-refractivity contribution in [1.29, 1.82) is 0 Å². The van der Waals surface area contributed by atoms with Crippen LogP contribution in [0.25, 0.3) is 11.3 Å². The molecule has 0 bridgehead atoms. The van der Waals surface area contributed by atoms with Crippen LogP contribution in [0.4, 0.5) is 17.6 Å². The van der Waals surface area contributed by atoms with Crippen molar-refractivity contribution < 1.29 is 17.6 Å². The van der Waals surface area contributed by atoms with E-state index in [0.29, 0.717) is 23.7 Å². The van der Waals surface area contributed by atoms with Crippen molar-refractivity contribution >= 4 is 12.4 Å². The fourth-order valence-corrected chi connectivity index (χ4v) is 5.23. The van der Waals surface area contributed by atoms with Gasteiger partial charge in [-0.25, -0.2) is 9.18 Å². The van der Waals surface area contributed by atoms with E-state index in [9.17, 15) is 22.4 Å². The molecule has 1 saturated heterocycles. The van der Waals surface area contributed by atoms with Crippen molar-refractivity contribution in [1.82, 2.24) is 14.5 Å². The van der Waals surface area contributed by atoms with E-state index in [4.69, 9.17) is 0 Å². The van der Waals surface area contributed by atoms with Gasteiger partial charge in [-0.05, 0) is 67.6 Å². The van der Waals surface area contributed by atoms with Crippen LogP contribution < -0.4 is 5.69 Å². The first-order valence-corrected chi connectivity index (χ1v) is 11.5. The number of hydrogen-bond acceptors (Lipinski definition) is 3. The molecule has 1 aromatic heterocycles. The number of halogens is 5. The van der Waals surface area contributed by atoms with Gasteiger partial charge in [-0.2, -0.15) is 18.2 Å². The minimum atomic E-state index is -4.31. The number of aromatic nitrogens is 2. The average molecular weight is 508 g/mol. The molecule has 2 heterocycles. The van der Waals surface area contributed by atoms with Crippen molar-refractivity contribution in [2.24, 2.45) is 5.92 Å². The number of alkyl halides is 3. The van der Waals surface area contributed by atoms with E-state index < -0.39 is 23.2 Å². The van der Waals surface area contributed by atoms with Crippen LogP contribution in [0.1, 0.15) is 30.4 Å². The van der Waals surface area contributed by atoms with Gasteiger partial charge in [-0.3, -0.25) is 4.57 Å². The number of benzene rings is 2. The van der Waals surface area contributed by atoms with Crippen molar-refractivity contribution in [3.05, 3.63) is 88.2 Å². The first kappa shape index (κ1) is 25.4. The van der Waals surface area contributed by atoms with Crippen LogP contribution in [-0.4, -0.2) is 34.1 Å². The van der Waals surface area contributed by atoms with Crippen LogP contribution >= 0.6 is 12.4 Å². The molecule has 2 fully saturated rings. The summed E-state index contributed by atoms with van der Waals surface area (Å²) >= 11 is 0. The normalized spacial score (nSPS) is 21.4. The van der Waals surface area contributed by atoms with E-state index in [2.05, 4.69) is 9.88 Å². The summed E-state index contributed by atoms with van der Waals surface area (Å²) in [5, 5.41) is 0. The average Bonchev–Trinajstić information content (AvgIpc) is 3.38. The second-order valence-electron chi connectivity index (χ2n) is 9.34. The van der Waals surface area contributed by atoms with Crippen molar-refractivity contribution in [2.75, 3.05) is 19.6 Å². The number of aryl methyl sites for hydroxylation is 1. The Kier molecular flexibility index (Phi) is 7.06. The summed E-state index contributed by atoms with van der Waals surface area (Å²) < 4.78 is 54.0. The Hall–Kier alpha value is -2.71. The van der Waals surface area contributed by atoms with Crippen LogP contribution in [0.5, 0.6) is 0 Å². The van der Waals surface area contributed by atoms with Gasteiger partial charge in [-0.15, -0.1) is 12.4 Å². The molecule has 2 aliphatic rings. The molecule has 9 heteroatoms. The highest BCUT2D eigenvalue weighted by Gasteiger charge is 2.60. The topological polar surface area (TPSA) is 38.1 Å². The zero-order valence-corrected chi connectivity index (χ0v) is 19.8. The summed E-state index contributed by atoms with van der Waals surface area (Å²) in [7, 11) is 0. The smallest absolute Gasteiger partial charge is 0.302 e. The molecule has 0 unspecified atom stereocenters. The molecule has 5 rings (SSSR count). The SMILES string of the molecule is Cl.O=c1nc(-c2ccccc2F)ccn1CCCCN1C[C@@H]2C[C@]2(c2ccc(C(F)(F)F)cc2)C1. The van der Waals surface area contributed by atoms with Crippen LogP contribution in [0.15, 0.2) is 65.6 Å². The largest absolute Gasteiger partial charge is 0.416 e. The first-order chi connectivity index (χ1) is 16.3. The van der Waals surface area contributed by atoms with Gasteiger partial charge >= 0.3 is 11.9 Å². The molecule has 1 saturated carbocycles. The number of likely N-dealkylation sites (tertiary alicyclic amines) is 1. The predicted octanol–water partition coefficient (Wildman–Crippen LogP) is 5.54. The van der Waals surface area contributed by atoms with Crippen molar-refractivity contribution in [3.8, 4) is 11.3 Å². The quantitative estimate of drug-likeness (QED) is 0.311. The van der Waals surface area contributed by atoms with Gasteiger partial charge in [0.25, 0.3) is 0 Å². The molecular weight excluding hydrogens is 482 g/mol. The number of fused-ring (bicyclic) bond motifs is 1. The number of unbranched alkanes of at least 4 members (excludes halogenated alkanes) is 1. The Bertz CT molecular complexity index is 1240. The van der Waals surface area contributed by atoms with E-state index in [-0.39, 0.29) is 17.8 Å². The molecule has 35 heavy (non-hydrogen) atoms. The fraction of sp³-hybridized carbons (Fsp3) is 0.385. The lowest BCUT2D eigenvalue weighted by atomic mass is 9.94. The molecule has 0 spiro atoms. The molecule has 1 aliphatic heterocycles. The number of hydrogen-bond donors (Lipinski definition) is 0. The van der Waals surface area contributed by atoms with Crippen LogP contribution in [-0.2, 0) is 18.1 Å². The van der Waals surface area contributed by atoms with Crippen LogP contribution in [0, 0.1) is 11.7 Å². The molecule has 0 N–H and O–H groups in total. The highest BCUT2D eigenvalue weighted by molar-refractivity contribution is 5.85. The Morgan fingerprint density at radius 1 is 1.00 bits per heavy atom. The molecule has 2 atom stereocenters. The zero-order valence-electron chi connectivity index (χ0n) is 19.0. The van der Waals surface area contributed by atoms with E-state index in [1.807, 2.05) is 0 Å². The number of nitrogens with zero attached hydrogens (tertiary/aromatic N) is 3. The molecule has 2 aromatic carbocycles. The summed E-state index contributed by atoms with van der Waals surface area (Å²) in [5.74, 6) is 0.0897. The van der Waals surface area contributed by atoms with Gasteiger partial charge in [0.1, 0.15) is 5.82 Å². The molecule has 4 nitrogen and oxygen atoms in total. The fourth-order valence-electron chi connectivity index (χ4n) is 5.23. The monoisotopic (exact) mass is 507 g/mol. The highest BCUT2D eigenvalue weighted by atomic mass is 35.5. The Labute approximate surface area is 207 Å². The van der Waals surface area contributed by atoms with Gasteiger partial charge in [0, 0.05) is 36.8 Å². The minimum absolute atomic E-state index is 0. The lowest BCUT2D eigenvalue weighted by molar-refractivity contribution is -0.137. The number of rotatable bonds is 7. The molecule has 1 aliphatic carbocycles. The van der Waals surface area contributed by atoms with E-state index in [1.54, 1.807) is 42.6 Å². The van der Waals surface area contributed by atoms with Gasteiger partial charge in [0.05, 0.1) is 11.3 Å².